The van der Waals surface area contributed by atoms with Gasteiger partial charge < -0.3 is 0 Å². The molecule has 0 fully saturated rings. The molecule has 2 nitrogen and oxygen atoms in total. The Morgan fingerprint density at radius 2 is 2.33 bits per heavy atom. The van der Waals surface area contributed by atoms with E-state index in [0.717, 1.165) is 11.3 Å². The quantitative estimate of drug-likeness (QED) is 0.701. The molecule has 0 N–H and O–H groups in total. The Balaban J connectivity index is 2.45. The third kappa shape index (κ3) is 1.47. The summed E-state index contributed by atoms with van der Waals surface area (Å²) in [7, 11) is 0. The second kappa shape index (κ2) is 3.21. The third-order valence-electron chi connectivity index (χ3n) is 1.43. The van der Waals surface area contributed by atoms with Crippen LogP contribution in [0, 0.1) is 0 Å². The van der Waals surface area contributed by atoms with Crippen molar-refractivity contribution in [2.45, 2.75) is 0 Å². The predicted molar refractivity (Wildman–Crippen MR) is 50.4 cm³/mol. The largest absolute Gasteiger partial charge is 0.264 e. The average molecular weight is 197 g/mol. The van der Waals surface area contributed by atoms with Gasteiger partial charge in [-0.05, 0) is 12.1 Å². The molecule has 0 unspecified atom stereocenters. The molecule has 0 aliphatic heterocycles. The van der Waals surface area contributed by atoms with Crippen molar-refractivity contribution in [2.24, 2.45) is 0 Å². The number of hydrogen-bond acceptors (Lipinski definition) is 3. The molecule has 4 heteroatoms. The maximum Gasteiger partial charge on any atom is 0.184 e. The Morgan fingerprint density at radius 1 is 1.42 bits per heavy atom. The monoisotopic (exact) mass is 196 g/mol. The first-order valence-corrected chi connectivity index (χ1v) is 4.63. The van der Waals surface area contributed by atoms with Crippen molar-refractivity contribution < 1.29 is 0 Å². The molecule has 0 atom stereocenters. The van der Waals surface area contributed by atoms with Gasteiger partial charge in [-0.15, -0.1) is 11.3 Å². The standard InChI is InChI=1S/C8H5ClN2S/c9-8-11-7(5-12-8)6-2-1-3-10-4-6/h1-5H. The van der Waals surface area contributed by atoms with Crippen molar-refractivity contribution in [1.82, 2.24) is 9.97 Å². The van der Waals surface area contributed by atoms with E-state index in [-0.39, 0.29) is 0 Å². The highest BCUT2D eigenvalue weighted by Crippen LogP contribution is 2.23. The van der Waals surface area contributed by atoms with E-state index in [0.29, 0.717) is 4.47 Å². The van der Waals surface area contributed by atoms with Crippen molar-refractivity contribution in [3.05, 3.63) is 34.4 Å². The molecule has 2 rings (SSSR count). The minimum atomic E-state index is 0.564. The second-order valence-corrected chi connectivity index (χ2v) is 3.67. The van der Waals surface area contributed by atoms with E-state index in [1.807, 2.05) is 17.5 Å². The first kappa shape index (κ1) is 7.71. The molecule has 0 aliphatic carbocycles. The highest BCUT2D eigenvalue weighted by molar-refractivity contribution is 7.14. The molecule has 0 bridgehead atoms. The van der Waals surface area contributed by atoms with E-state index in [2.05, 4.69) is 9.97 Å². The van der Waals surface area contributed by atoms with Crippen LogP contribution in [0.2, 0.25) is 4.47 Å². The molecule has 0 radical (unpaired) electrons. The smallest absolute Gasteiger partial charge is 0.184 e. The Labute approximate surface area is 78.9 Å². The number of hydrogen-bond donors (Lipinski definition) is 0. The van der Waals surface area contributed by atoms with Gasteiger partial charge in [0.1, 0.15) is 0 Å². The van der Waals surface area contributed by atoms with Crippen LogP contribution in [-0.4, -0.2) is 9.97 Å². The zero-order chi connectivity index (χ0) is 8.39. The highest BCUT2D eigenvalue weighted by Gasteiger charge is 2.00. The fourth-order valence-corrected chi connectivity index (χ4v) is 1.67. The lowest BCUT2D eigenvalue weighted by Crippen LogP contribution is -1.77. The Hall–Kier alpha value is -0.930. The van der Waals surface area contributed by atoms with Crippen molar-refractivity contribution >= 4 is 22.9 Å². The zero-order valence-electron chi connectivity index (χ0n) is 6.07. The normalized spacial score (nSPS) is 10.1. The molecule has 0 saturated heterocycles. The van der Waals surface area contributed by atoms with E-state index in [9.17, 15) is 0 Å². The topological polar surface area (TPSA) is 25.8 Å². The number of nitrogens with zero attached hydrogens (tertiary/aromatic N) is 2. The van der Waals surface area contributed by atoms with Crippen molar-refractivity contribution in [2.75, 3.05) is 0 Å². The number of halogens is 1. The van der Waals surface area contributed by atoms with Crippen LogP contribution < -0.4 is 0 Å². The lowest BCUT2D eigenvalue weighted by atomic mass is 10.2. The number of pyridine rings is 1. The van der Waals surface area contributed by atoms with E-state index in [1.54, 1.807) is 12.4 Å². The van der Waals surface area contributed by atoms with Crippen LogP contribution in [0.3, 0.4) is 0 Å². The fourth-order valence-electron chi connectivity index (χ4n) is 0.899. The summed E-state index contributed by atoms with van der Waals surface area (Å²) in [6.45, 7) is 0. The first-order chi connectivity index (χ1) is 5.86. The van der Waals surface area contributed by atoms with Gasteiger partial charge in [-0.3, -0.25) is 4.98 Å². The van der Waals surface area contributed by atoms with Gasteiger partial charge in [0.2, 0.25) is 0 Å². The zero-order valence-corrected chi connectivity index (χ0v) is 7.64. The highest BCUT2D eigenvalue weighted by atomic mass is 35.5. The Morgan fingerprint density at radius 3 is 2.92 bits per heavy atom. The number of thiazole rings is 1. The summed E-state index contributed by atoms with van der Waals surface area (Å²) in [6, 6.07) is 3.83. The fraction of sp³-hybridized carbons (Fsp3) is 0. The van der Waals surface area contributed by atoms with Gasteiger partial charge in [-0.2, -0.15) is 0 Å². The number of aromatic nitrogens is 2. The summed E-state index contributed by atoms with van der Waals surface area (Å²) in [6.07, 6.45) is 3.50. The maximum absolute atomic E-state index is 5.70. The van der Waals surface area contributed by atoms with Crippen LogP contribution in [0.1, 0.15) is 0 Å². The van der Waals surface area contributed by atoms with E-state index in [1.165, 1.54) is 11.3 Å². The van der Waals surface area contributed by atoms with Gasteiger partial charge in [0.05, 0.1) is 5.69 Å². The summed E-state index contributed by atoms with van der Waals surface area (Å²) in [5.41, 5.74) is 1.89. The van der Waals surface area contributed by atoms with E-state index < -0.39 is 0 Å². The Bertz CT molecular complexity index is 372. The number of rotatable bonds is 1. The molecule has 60 valence electrons. The summed E-state index contributed by atoms with van der Waals surface area (Å²) < 4.78 is 0.564. The first-order valence-electron chi connectivity index (χ1n) is 3.38. The molecule has 0 aliphatic rings. The van der Waals surface area contributed by atoms with Crippen molar-refractivity contribution in [1.29, 1.82) is 0 Å². The lowest BCUT2D eigenvalue weighted by molar-refractivity contribution is 1.31. The van der Waals surface area contributed by atoms with Gasteiger partial charge in [-0.1, -0.05) is 11.6 Å². The molecule has 0 spiro atoms. The van der Waals surface area contributed by atoms with Crippen molar-refractivity contribution in [3.8, 4) is 11.3 Å². The molecule has 12 heavy (non-hydrogen) atoms. The minimum Gasteiger partial charge on any atom is -0.264 e. The summed E-state index contributed by atoms with van der Waals surface area (Å²) in [4.78, 5) is 8.12. The molecule has 2 aromatic heterocycles. The van der Waals surface area contributed by atoms with Crippen LogP contribution in [0.5, 0.6) is 0 Å². The summed E-state index contributed by atoms with van der Waals surface area (Å²) in [5.74, 6) is 0. The van der Waals surface area contributed by atoms with Gasteiger partial charge in [0, 0.05) is 23.3 Å². The molecular formula is C8H5ClN2S. The Kier molecular flexibility index (Phi) is 2.06. The summed E-state index contributed by atoms with van der Waals surface area (Å²) in [5, 5.41) is 1.92. The minimum absolute atomic E-state index is 0.564. The average Bonchev–Trinajstić information content (AvgIpc) is 2.54. The van der Waals surface area contributed by atoms with Gasteiger partial charge in [0.25, 0.3) is 0 Å². The van der Waals surface area contributed by atoms with E-state index in [4.69, 9.17) is 11.6 Å². The molecule has 0 saturated carbocycles. The third-order valence-corrected chi connectivity index (χ3v) is 2.41. The summed E-state index contributed by atoms with van der Waals surface area (Å²) >= 11 is 7.12. The van der Waals surface area contributed by atoms with Crippen molar-refractivity contribution in [3.63, 3.8) is 0 Å². The van der Waals surface area contributed by atoms with Crippen LogP contribution in [0.25, 0.3) is 11.3 Å². The van der Waals surface area contributed by atoms with Crippen LogP contribution in [-0.2, 0) is 0 Å². The molecular weight excluding hydrogens is 192 g/mol. The van der Waals surface area contributed by atoms with Gasteiger partial charge in [0.15, 0.2) is 4.47 Å². The molecule has 2 aromatic rings. The van der Waals surface area contributed by atoms with Crippen LogP contribution >= 0.6 is 22.9 Å². The van der Waals surface area contributed by atoms with Crippen LogP contribution in [0.15, 0.2) is 29.9 Å². The molecule has 0 aromatic carbocycles. The van der Waals surface area contributed by atoms with Gasteiger partial charge >= 0.3 is 0 Å². The van der Waals surface area contributed by atoms with Gasteiger partial charge in [-0.25, -0.2) is 4.98 Å². The van der Waals surface area contributed by atoms with Crippen LogP contribution in [0.4, 0.5) is 0 Å². The maximum atomic E-state index is 5.70. The SMILES string of the molecule is Clc1nc(-c2cccnc2)cs1. The lowest BCUT2D eigenvalue weighted by Gasteiger charge is -1.91. The second-order valence-electron chi connectivity index (χ2n) is 2.23. The molecule has 0 amide bonds. The van der Waals surface area contributed by atoms with E-state index >= 15 is 0 Å². The molecule has 2 heterocycles. The predicted octanol–water partition coefficient (Wildman–Crippen LogP) is 2.86.